The van der Waals surface area contributed by atoms with Gasteiger partial charge in [-0.05, 0) is 64.7 Å². The van der Waals surface area contributed by atoms with E-state index in [-0.39, 0.29) is 11.6 Å². The molecule has 0 unspecified atom stereocenters. The Morgan fingerprint density at radius 1 is 0.260 bits per heavy atom. The Kier molecular flexibility index (Phi) is 56.8. The first-order valence-corrected chi connectivity index (χ1v) is 36.0. The van der Waals surface area contributed by atoms with E-state index < -0.39 is 0 Å². The Balaban J connectivity index is 3.14. The van der Waals surface area contributed by atoms with Crippen LogP contribution >= 0.6 is 0 Å². The predicted molar refractivity (Wildman–Crippen MR) is 344 cm³/mol. The summed E-state index contributed by atoms with van der Waals surface area (Å²) in [5, 5.41) is 12.3. The zero-order chi connectivity index (χ0) is 55.6. The van der Waals surface area contributed by atoms with Gasteiger partial charge in [0.25, 0.3) is 0 Å². The second-order valence-electron chi connectivity index (χ2n) is 25.2. The van der Waals surface area contributed by atoms with Crippen LogP contribution in [0.15, 0.2) is 4.79 Å². The molecule has 1 aromatic rings. The van der Waals surface area contributed by atoms with Gasteiger partial charge in [0.05, 0.1) is 19.0 Å². The monoisotopic (exact) mass is 1080 g/mol. The largest absolute Gasteiger partial charge is 0.493 e. The van der Waals surface area contributed by atoms with E-state index in [2.05, 4.69) is 49.0 Å². The van der Waals surface area contributed by atoms with Crippen LogP contribution in [0.25, 0.3) is 0 Å². The summed E-state index contributed by atoms with van der Waals surface area (Å²) >= 11 is 0. The molecule has 1 N–H and O–H groups in total. The maximum Gasteiger partial charge on any atom is 0.333 e. The van der Waals surface area contributed by atoms with E-state index in [1.807, 2.05) is 4.57 Å². The van der Waals surface area contributed by atoms with Crippen molar-refractivity contribution in [3.63, 3.8) is 0 Å². The minimum absolute atomic E-state index is 0.0286. The van der Waals surface area contributed by atoms with Crippen LogP contribution in [0.4, 0.5) is 0 Å². The van der Waals surface area contributed by atoms with E-state index in [4.69, 9.17) is 0 Å². The summed E-state index contributed by atoms with van der Waals surface area (Å²) in [6.45, 7) is 16.8. The molecule has 6 nitrogen and oxygen atoms in total. The fourth-order valence-corrected chi connectivity index (χ4v) is 12.2. The lowest BCUT2D eigenvalue weighted by molar-refractivity contribution is 0.188. The number of rotatable bonds is 65. The zero-order valence-corrected chi connectivity index (χ0v) is 53.7. The first-order chi connectivity index (χ1) is 38.0. The van der Waals surface area contributed by atoms with Crippen LogP contribution in [-0.4, -0.2) is 50.2 Å². The van der Waals surface area contributed by atoms with Crippen LogP contribution in [0.3, 0.4) is 0 Å². The van der Waals surface area contributed by atoms with Crippen molar-refractivity contribution >= 4 is 0 Å². The molecule has 0 saturated heterocycles. The lowest BCUT2D eigenvalue weighted by atomic mass is 10.0. The molecule has 0 aliphatic rings. The van der Waals surface area contributed by atoms with Crippen LogP contribution in [0.1, 0.15) is 400 Å². The van der Waals surface area contributed by atoms with Gasteiger partial charge >= 0.3 is 5.69 Å². The molecule has 0 radical (unpaired) electrons. The highest BCUT2D eigenvalue weighted by Crippen LogP contribution is 2.23. The van der Waals surface area contributed by atoms with Gasteiger partial charge in [-0.2, -0.15) is 0 Å². The second-order valence-corrected chi connectivity index (χ2v) is 25.2. The molecule has 0 bridgehead atoms. The third-order valence-corrected chi connectivity index (χ3v) is 17.6. The molecule has 0 atom stereocenters. The van der Waals surface area contributed by atoms with Gasteiger partial charge in [0.2, 0.25) is 5.88 Å². The van der Waals surface area contributed by atoms with Crippen molar-refractivity contribution in [2.75, 3.05) is 26.2 Å². The molecule has 0 saturated carbocycles. The van der Waals surface area contributed by atoms with Crippen molar-refractivity contribution in [3.8, 4) is 5.88 Å². The SMILES string of the molecule is CCCCCCCCCCCCCCN(CCCCCCCCCCCCCC)Cn1c(O)c(CCCCCCCCCC)n(CN(CCCCCCCCCCCCCC)CCCCCCCCCCCCCC)c1=O. The van der Waals surface area contributed by atoms with Gasteiger partial charge in [-0.1, -0.05) is 362 Å². The first kappa shape index (κ1) is 73.7. The van der Waals surface area contributed by atoms with Crippen molar-refractivity contribution in [1.29, 1.82) is 0 Å². The summed E-state index contributed by atoms with van der Waals surface area (Å²) in [6, 6.07) is 0. The highest BCUT2D eigenvalue weighted by Gasteiger charge is 2.23. The molecule has 0 fully saturated rings. The number of nitrogens with zero attached hydrogens (tertiary/aromatic N) is 4. The number of hydrogen-bond donors (Lipinski definition) is 1. The molecular weight excluding hydrogens is 941 g/mol. The fourth-order valence-electron chi connectivity index (χ4n) is 12.2. The van der Waals surface area contributed by atoms with Crippen LogP contribution in [0.2, 0.25) is 0 Å². The Bertz CT molecular complexity index is 1300. The minimum atomic E-state index is 0.0286. The third kappa shape index (κ3) is 46.0. The van der Waals surface area contributed by atoms with Gasteiger partial charge in [0.15, 0.2) is 0 Å². The number of imidazole rings is 1. The van der Waals surface area contributed by atoms with Crippen molar-refractivity contribution in [2.24, 2.45) is 0 Å². The van der Waals surface area contributed by atoms with E-state index in [0.717, 1.165) is 44.7 Å². The highest BCUT2D eigenvalue weighted by atomic mass is 16.3. The van der Waals surface area contributed by atoms with E-state index in [1.54, 1.807) is 0 Å². The van der Waals surface area contributed by atoms with Crippen LogP contribution in [0, 0.1) is 0 Å². The van der Waals surface area contributed by atoms with Gasteiger partial charge in [-0.3, -0.25) is 14.4 Å². The molecule has 0 aromatic carbocycles. The van der Waals surface area contributed by atoms with Gasteiger partial charge < -0.3 is 5.11 Å². The van der Waals surface area contributed by atoms with Crippen molar-refractivity contribution < 1.29 is 5.11 Å². The number of hydrogen-bond acceptors (Lipinski definition) is 4. The average Bonchev–Trinajstić information content (AvgIpc) is 3.66. The van der Waals surface area contributed by atoms with E-state index in [0.29, 0.717) is 13.3 Å². The van der Waals surface area contributed by atoms with Gasteiger partial charge in [-0.15, -0.1) is 0 Å². The maximum atomic E-state index is 14.9. The molecule has 6 heteroatoms. The summed E-state index contributed by atoms with van der Waals surface area (Å²) in [4.78, 5) is 20.1. The van der Waals surface area contributed by atoms with Crippen molar-refractivity contribution in [1.82, 2.24) is 18.9 Å². The molecule has 0 aliphatic heterocycles. The molecule has 0 amide bonds. The lowest BCUT2D eigenvalue weighted by Gasteiger charge is -2.24. The Labute approximate surface area is 484 Å². The van der Waals surface area contributed by atoms with Crippen molar-refractivity contribution in [3.05, 3.63) is 16.2 Å². The van der Waals surface area contributed by atoms with Crippen molar-refractivity contribution in [2.45, 2.75) is 414 Å². The van der Waals surface area contributed by atoms with Gasteiger partial charge in [0.1, 0.15) is 0 Å². The molecule has 77 heavy (non-hydrogen) atoms. The number of aromatic hydroxyl groups is 1. The van der Waals surface area contributed by atoms with E-state index >= 15 is 0 Å². The molecule has 0 spiro atoms. The Hall–Kier alpha value is -1.27. The second kappa shape index (κ2) is 59.4. The molecular formula is C71H142N4O2. The Morgan fingerprint density at radius 2 is 0.442 bits per heavy atom. The minimum Gasteiger partial charge on any atom is -0.493 e. The molecule has 458 valence electrons. The van der Waals surface area contributed by atoms with E-state index in [1.165, 1.54) is 353 Å². The lowest BCUT2D eigenvalue weighted by Crippen LogP contribution is -2.38. The first-order valence-electron chi connectivity index (χ1n) is 36.0. The smallest absolute Gasteiger partial charge is 0.333 e. The maximum absolute atomic E-state index is 14.9. The third-order valence-electron chi connectivity index (χ3n) is 17.6. The summed E-state index contributed by atoms with van der Waals surface area (Å²) in [6.07, 6.45) is 76.2. The predicted octanol–water partition coefficient (Wildman–Crippen LogP) is 23.4. The average molecular weight is 1080 g/mol. The number of unbranched alkanes of at least 4 members (excludes halogenated alkanes) is 51. The molecule has 1 rings (SSSR count). The van der Waals surface area contributed by atoms with Crippen LogP contribution in [0.5, 0.6) is 5.88 Å². The van der Waals surface area contributed by atoms with Crippen LogP contribution in [-0.2, 0) is 19.8 Å². The van der Waals surface area contributed by atoms with Gasteiger partial charge in [-0.25, -0.2) is 9.36 Å². The topological polar surface area (TPSA) is 53.6 Å². The van der Waals surface area contributed by atoms with Gasteiger partial charge in [0, 0.05) is 0 Å². The Morgan fingerprint density at radius 3 is 0.662 bits per heavy atom. The summed E-state index contributed by atoms with van der Waals surface area (Å²) in [5.41, 5.74) is 0.937. The summed E-state index contributed by atoms with van der Waals surface area (Å²) in [7, 11) is 0. The summed E-state index contributed by atoms with van der Waals surface area (Å²) in [5.74, 6) is 0.267. The fraction of sp³-hybridized carbons (Fsp3) is 0.958. The standard InChI is InChI=1S/C71H142N4O2/c1-6-11-16-21-26-31-35-39-43-48-53-58-63-72(64-59-54-49-44-40-36-32-27-22-17-12-7-2)67-74-69(62-57-52-47-30-25-20-15-10-5)70(76)75(71(74)77)68-73(65-60-55-50-45-41-37-33-28-23-18-13-8-3)66-61-56-51-46-42-38-34-29-24-19-14-9-4/h76H,6-68H2,1-5H3. The molecule has 0 aliphatic carbocycles. The zero-order valence-electron chi connectivity index (χ0n) is 53.7. The van der Waals surface area contributed by atoms with E-state index in [9.17, 15) is 9.90 Å². The number of aromatic nitrogens is 2. The molecule has 1 aromatic heterocycles. The van der Waals surface area contributed by atoms with Crippen LogP contribution < -0.4 is 5.69 Å². The highest BCUT2D eigenvalue weighted by molar-refractivity contribution is 5.21. The quantitative estimate of drug-likeness (QED) is 0.0661. The normalized spacial score (nSPS) is 11.9. The molecule has 1 heterocycles. The summed E-state index contributed by atoms with van der Waals surface area (Å²) < 4.78 is 3.87.